The van der Waals surface area contributed by atoms with E-state index in [2.05, 4.69) is 31.4 Å². The summed E-state index contributed by atoms with van der Waals surface area (Å²) >= 11 is 0. The molecular weight excluding hydrogens is 350 g/mol. The van der Waals surface area contributed by atoms with Crippen LogP contribution in [-0.4, -0.2) is 20.9 Å². The van der Waals surface area contributed by atoms with Crippen molar-refractivity contribution in [1.82, 2.24) is 5.32 Å². The molecule has 4 N–H and O–H groups in total. The number of rotatable bonds is 6. The monoisotopic (exact) mass is 375 g/mol. The Kier molecular flexibility index (Phi) is 6.17. The smallest absolute Gasteiger partial charge is 0.238 e. The molecule has 140 valence electrons. The zero-order valence-electron chi connectivity index (χ0n) is 15.2. The minimum atomic E-state index is -3.81. The lowest BCUT2D eigenvalue weighted by atomic mass is 9.82. The van der Waals surface area contributed by atoms with Gasteiger partial charge >= 0.3 is 0 Å². The van der Waals surface area contributed by atoms with Crippen LogP contribution in [0.2, 0.25) is 0 Å². The highest BCUT2D eigenvalue weighted by Crippen LogP contribution is 2.32. The van der Waals surface area contributed by atoms with Crippen LogP contribution in [0.25, 0.3) is 0 Å². The van der Waals surface area contributed by atoms with Crippen LogP contribution in [0.1, 0.15) is 32.4 Å². The van der Waals surface area contributed by atoms with Gasteiger partial charge in [0.25, 0.3) is 0 Å². The Labute approximate surface area is 154 Å². The van der Waals surface area contributed by atoms with Gasteiger partial charge in [0.2, 0.25) is 15.9 Å². The van der Waals surface area contributed by atoms with Crippen molar-refractivity contribution in [2.45, 2.75) is 31.7 Å². The highest BCUT2D eigenvalue weighted by Gasteiger charge is 2.26. The number of sulfonamides is 1. The van der Waals surface area contributed by atoms with Gasteiger partial charge in [-0.1, -0.05) is 57.2 Å². The SMILES string of the molecule is CC(C)(C)[C@@H](NCC(=O)Nc1cccc(S(N)(=O)=O)c1)c1ccccc1. The summed E-state index contributed by atoms with van der Waals surface area (Å²) in [5.74, 6) is -0.262. The maximum atomic E-state index is 12.3. The van der Waals surface area contributed by atoms with Crippen molar-refractivity contribution in [1.29, 1.82) is 0 Å². The number of primary sulfonamides is 1. The van der Waals surface area contributed by atoms with Crippen LogP contribution in [0.5, 0.6) is 0 Å². The molecule has 7 heteroatoms. The summed E-state index contributed by atoms with van der Waals surface area (Å²) in [5.41, 5.74) is 1.40. The number of benzene rings is 2. The molecule has 6 nitrogen and oxygen atoms in total. The molecule has 1 amide bonds. The van der Waals surface area contributed by atoms with Gasteiger partial charge in [0.15, 0.2) is 0 Å². The maximum Gasteiger partial charge on any atom is 0.238 e. The molecule has 0 heterocycles. The zero-order valence-corrected chi connectivity index (χ0v) is 16.0. The summed E-state index contributed by atoms with van der Waals surface area (Å²) < 4.78 is 22.8. The predicted octanol–water partition coefficient (Wildman–Crippen LogP) is 2.65. The van der Waals surface area contributed by atoms with Gasteiger partial charge in [-0.05, 0) is 29.2 Å². The molecule has 0 saturated carbocycles. The Balaban J connectivity index is 2.05. The van der Waals surface area contributed by atoms with E-state index in [1.807, 2.05) is 30.3 Å². The second kappa shape index (κ2) is 7.99. The number of nitrogens with two attached hydrogens (primary N) is 1. The lowest BCUT2D eigenvalue weighted by molar-refractivity contribution is -0.115. The molecule has 2 rings (SSSR count). The van der Waals surface area contributed by atoms with E-state index in [4.69, 9.17) is 5.14 Å². The Morgan fingerprint density at radius 1 is 1.08 bits per heavy atom. The van der Waals surface area contributed by atoms with Crippen molar-refractivity contribution in [3.05, 3.63) is 60.2 Å². The first-order valence-corrected chi connectivity index (χ1v) is 9.83. The second-order valence-corrected chi connectivity index (χ2v) is 8.77. The van der Waals surface area contributed by atoms with Crippen molar-refractivity contribution in [3.63, 3.8) is 0 Å². The fraction of sp³-hybridized carbons (Fsp3) is 0.316. The molecule has 0 aliphatic rings. The fourth-order valence-corrected chi connectivity index (χ4v) is 3.28. The Morgan fingerprint density at radius 3 is 2.31 bits per heavy atom. The van der Waals surface area contributed by atoms with Gasteiger partial charge in [-0.25, -0.2) is 13.6 Å². The lowest BCUT2D eigenvalue weighted by Crippen LogP contribution is -2.37. The van der Waals surface area contributed by atoms with Crippen LogP contribution in [0.15, 0.2) is 59.5 Å². The van der Waals surface area contributed by atoms with Crippen LogP contribution in [0, 0.1) is 5.41 Å². The average molecular weight is 375 g/mol. The van der Waals surface area contributed by atoms with E-state index in [-0.39, 0.29) is 28.8 Å². The van der Waals surface area contributed by atoms with Gasteiger partial charge in [0.05, 0.1) is 11.4 Å². The number of anilines is 1. The lowest BCUT2D eigenvalue weighted by Gasteiger charge is -2.32. The first kappa shape index (κ1) is 20.1. The third-order valence-corrected chi connectivity index (χ3v) is 4.82. The van der Waals surface area contributed by atoms with E-state index in [0.717, 1.165) is 5.56 Å². The first-order chi connectivity index (χ1) is 12.1. The van der Waals surface area contributed by atoms with Crippen LogP contribution < -0.4 is 15.8 Å². The van der Waals surface area contributed by atoms with Crippen LogP contribution in [0.3, 0.4) is 0 Å². The van der Waals surface area contributed by atoms with E-state index in [9.17, 15) is 13.2 Å². The van der Waals surface area contributed by atoms with E-state index < -0.39 is 10.0 Å². The number of carbonyl (C=O) groups excluding carboxylic acids is 1. The summed E-state index contributed by atoms with van der Waals surface area (Å²) in [7, 11) is -3.81. The molecule has 0 unspecified atom stereocenters. The molecule has 0 bridgehead atoms. The van der Waals surface area contributed by atoms with Gasteiger partial charge in [0.1, 0.15) is 0 Å². The second-order valence-electron chi connectivity index (χ2n) is 7.21. The molecule has 2 aromatic carbocycles. The Bertz CT molecular complexity index is 859. The number of hydrogen-bond donors (Lipinski definition) is 3. The summed E-state index contributed by atoms with van der Waals surface area (Å²) in [4.78, 5) is 12.2. The van der Waals surface area contributed by atoms with Crippen LogP contribution in [-0.2, 0) is 14.8 Å². The van der Waals surface area contributed by atoms with E-state index in [1.165, 1.54) is 18.2 Å². The quantitative estimate of drug-likeness (QED) is 0.722. The molecule has 0 saturated heterocycles. The fourth-order valence-electron chi connectivity index (χ4n) is 2.72. The molecule has 0 aliphatic carbocycles. The van der Waals surface area contributed by atoms with Gasteiger partial charge < -0.3 is 10.6 Å². The summed E-state index contributed by atoms with van der Waals surface area (Å²) in [6, 6.07) is 15.8. The zero-order chi connectivity index (χ0) is 19.4. The molecule has 0 spiro atoms. The Hall–Kier alpha value is -2.22. The first-order valence-electron chi connectivity index (χ1n) is 8.28. The standard InChI is InChI=1S/C19H25N3O3S/c1-19(2,3)18(14-8-5-4-6-9-14)21-13-17(23)22-15-10-7-11-16(12-15)26(20,24)25/h4-12,18,21H,13H2,1-3H3,(H,22,23)(H2,20,24,25)/t18-/m0/s1. The maximum absolute atomic E-state index is 12.3. The van der Waals surface area contributed by atoms with Crippen molar-refractivity contribution in [2.24, 2.45) is 10.6 Å². The van der Waals surface area contributed by atoms with E-state index >= 15 is 0 Å². The van der Waals surface area contributed by atoms with Crippen LogP contribution in [0.4, 0.5) is 5.69 Å². The molecule has 1 atom stereocenters. The topological polar surface area (TPSA) is 101 Å². The van der Waals surface area contributed by atoms with Gasteiger partial charge in [0, 0.05) is 11.7 Å². The minimum Gasteiger partial charge on any atom is -0.325 e. The summed E-state index contributed by atoms with van der Waals surface area (Å²) in [6.07, 6.45) is 0. The van der Waals surface area contributed by atoms with Gasteiger partial charge in [-0.2, -0.15) is 0 Å². The third kappa shape index (κ3) is 5.66. The van der Waals surface area contributed by atoms with E-state index in [1.54, 1.807) is 6.07 Å². The number of amides is 1. The number of carbonyl (C=O) groups is 1. The molecule has 26 heavy (non-hydrogen) atoms. The van der Waals surface area contributed by atoms with Crippen molar-refractivity contribution < 1.29 is 13.2 Å². The van der Waals surface area contributed by atoms with Crippen molar-refractivity contribution >= 4 is 21.6 Å². The normalized spacial score (nSPS) is 13.2. The molecule has 0 fully saturated rings. The minimum absolute atomic E-state index is 0.00907. The predicted molar refractivity (Wildman–Crippen MR) is 103 cm³/mol. The Morgan fingerprint density at radius 2 is 1.73 bits per heavy atom. The largest absolute Gasteiger partial charge is 0.325 e. The van der Waals surface area contributed by atoms with Gasteiger partial charge in [-0.15, -0.1) is 0 Å². The highest BCUT2D eigenvalue weighted by molar-refractivity contribution is 7.89. The van der Waals surface area contributed by atoms with E-state index in [0.29, 0.717) is 5.69 Å². The molecule has 0 radical (unpaired) electrons. The molecule has 2 aromatic rings. The molecular formula is C19H25N3O3S. The average Bonchev–Trinajstić information content (AvgIpc) is 2.54. The summed E-state index contributed by atoms with van der Waals surface area (Å²) in [5, 5.41) is 11.1. The van der Waals surface area contributed by atoms with Crippen molar-refractivity contribution in [2.75, 3.05) is 11.9 Å². The van der Waals surface area contributed by atoms with Gasteiger partial charge in [-0.3, -0.25) is 4.79 Å². The molecule has 0 aromatic heterocycles. The summed E-state index contributed by atoms with van der Waals surface area (Å²) in [6.45, 7) is 6.40. The van der Waals surface area contributed by atoms with Crippen molar-refractivity contribution in [3.8, 4) is 0 Å². The highest BCUT2D eigenvalue weighted by atomic mass is 32.2. The van der Waals surface area contributed by atoms with Crippen LogP contribution >= 0.6 is 0 Å². The number of hydrogen-bond acceptors (Lipinski definition) is 4. The third-order valence-electron chi connectivity index (χ3n) is 3.91. The number of nitrogens with one attached hydrogen (secondary N) is 2. The molecule has 0 aliphatic heterocycles.